The molecule has 0 bridgehead atoms. The average Bonchev–Trinajstić information content (AvgIpc) is 2.28. The molecule has 1 aliphatic heterocycles. The zero-order valence-corrected chi connectivity index (χ0v) is 10.5. The molecule has 1 saturated heterocycles. The highest BCUT2D eigenvalue weighted by atomic mass is 16.2. The van der Waals surface area contributed by atoms with Crippen molar-refractivity contribution < 1.29 is 9.59 Å². The van der Waals surface area contributed by atoms with Gasteiger partial charge in [-0.1, -0.05) is 0 Å². The second-order valence-electron chi connectivity index (χ2n) is 4.93. The van der Waals surface area contributed by atoms with Gasteiger partial charge < -0.3 is 16.4 Å². The number of piperidine rings is 1. The number of rotatable bonds is 5. The summed E-state index contributed by atoms with van der Waals surface area (Å²) in [6.45, 7) is 3.26. The van der Waals surface area contributed by atoms with E-state index >= 15 is 0 Å². The van der Waals surface area contributed by atoms with E-state index in [9.17, 15) is 9.59 Å². The summed E-state index contributed by atoms with van der Waals surface area (Å²) in [6.07, 6.45) is 3.68. The first-order valence-corrected chi connectivity index (χ1v) is 6.33. The zero-order chi connectivity index (χ0) is 12.8. The lowest BCUT2D eigenvalue weighted by Crippen LogP contribution is -2.41. The van der Waals surface area contributed by atoms with Crippen LogP contribution in [-0.4, -0.2) is 35.8 Å². The molecule has 5 heteroatoms. The van der Waals surface area contributed by atoms with Crippen LogP contribution in [0.5, 0.6) is 0 Å². The van der Waals surface area contributed by atoms with Gasteiger partial charge in [-0.2, -0.15) is 0 Å². The van der Waals surface area contributed by atoms with Gasteiger partial charge in [0.25, 0.3) is 0 Å². The van der Waals surface area contributed by atoms with Crippen molar-refractivity contribution in [3.63, 3.8) is 0 Å². The molecule has 0 aliphatic carbocycles. The summed E-state index contributed by atoms with van der Waals surface area (Å²) in [5.41, 5.74) is 10.9. The number of nitrogens with two attached hydrogens (primary N) is 2. The lowest BCUT2D eigenvalue weighted by atomic mass is 9.96. The lowest BCUT2D eigenvalue weighted by molar-refractivity contribution is -0.135. The van der Waals surface area contributed by atoms with Crippen LogP contribution in [0, 0.1) is 5.92 Å². The minimum Gasteiger partial charge on any atom is -0.369 e. The molecular formula is C12H23N3O2. The van der Waals surface area contributed by atoms with E-state index in [4.69, 9.17) is 11.5 Å². The molecular weight excluding hydrogens is 218 g/mol. The Balaban J connectivity index is 2.24. The summed E-state index contributed by atoms with van der Waals surface area (Å²) in [7, 11) is 0. The molecule has 0 aromatic heterocycles. The van der Waals surface area contributed by atoms with Crippen LogP contribution in [0.4, 0.5) is 0 Å². The summed E-state index contributed by atoms with van der Waals surface area (Å²) < 4.78 is 0. The molecule has 0 saturated carbocycles. The summed E-state index contributed by atoms with van der Waals surface area (Å²) in [5.74, 6) is -0.120. The second-order valence-corrected chi connectivity index (χ2v) is 4.93. The fourth-order valence-electron chi connectivity index (χ4n) is 2.15. The third-order valence-electron chi connectivity index (χ3n) is 3.30. The van der Waals surface area contributed by atoms with Crippen molar-refractivity contribution in [1.29, 1.82) is 0 Å². The van der Waals surface area contributed by atoms with Crippen molar-refractivity contribution in [3.05, 3.63) is 0 Å². The van der Waals surface area contributed by atoms with Crippen LogP contribution in [-0.2, 0) is 9.59 Å². The van der Waals surface area contributed by atoms with E-state index in [1.165, 1.54) is 0 Å². The Bertz CT molecular complexity index is 271. The Morgan fingerprint density at radius 3 is 2.41 bits per heavy atom. The maximum Gasteiger partial charge on any atom is 0.222 e. The molecule has 0 radical (unpaired) electrons. The smallest absolute Gasteiger partial charge is 0.222 e. The van der Waals surface area contributed by atoms with Crippen molar-refractivity contribution >= 4 is 11.8 Å². The lowest BCUT2D eigenvalue weighted by Gasteiger charge is -2.30. The van der Waals surface area contributed by atoms with Crippen molar-refractivity contribution in [3.8, 4) is 0 Å². The molecule has 1 unspecified atom stereocenters. The van der Waals surface area contributed by atoms with E-state index < -0.39 is 0 Å². The molecule has 1 aliphatic rings. The number of hydrogen-bond acceptors (Lipinski definition) is 3. The normalized spacial score (nSPS) is 19.1. The SMILES string of the molecule is CC(N)CCCC(=O)N1CCC(C(N)=O)CC1. The fraction of sp³-hybridized carbons (Fsp3) is 0.833. The topological polar surface area (TPSA) is 89.4 Å². The van der Waals surface area contributed by atoms with Gasteiger partial charge in [0.1, 0.15) is 0 Å². The molecule has 0 spiro atoms. The molecule has 2 amide bonds. The summed E-state index contributed by atoms with van der Waals surface area (Å²) in [5, 5.41) is 0. The number of carbonyl (C=O) groups excluding carboxylic acids is 2. The highest BCUT2D eigenvalue weighted by Gasteiger charge is 2.25. The first-order chi connectivity index (χ1) is 8.00. The first kappa shape index (κ1) is 14.0. The predicted molar refractivity (Wildman–Crippen MR) is 66.0 cm³/mol. The summed E-state index contributed by atoms with van der Waals surface area (Å²) in [6, 6.07) is 0.156. The predicted octanol–water partition coefficient (Wildman–Crippen LogP) is 0.228. The van der Waals surface area contributed by atoms with Crippen LogP contribution in [0.3, 0.4) is 0 Å². The Morgan fingerprint density at radius 2 is 1.94 bits per heavy atom. The third kappa shape index (κ3) is 4.73. The zero-order valence-electron chi connectivity index (χ0n) is 10.5. The van der Waals surface area contributed by atoms with E-state index in [-0.39, 0.29) is 23.8 Å². The van der Waals surface area contributed by atoms with Gasteiger partial charge in [0.15, 0.2) is 0 Å². The van der Waals surface area contributed by atoms with Crippen molar-refractivity contribution in [1.82, 2.24) is 4.90 Å². The van der Waals surface area contributed by atoms with Gasteiger partial charge in [-0.05, 0) is 32.6 Å². The van der Waals surface area contributed by atoms with Gasteiger partial charge in [0, 0.05) is 31.5 Å². The fourth-order valence-corrected chi connectivity index (χ4v) is 2.15. The molecule has 4 N–H and O–H groups in total. The number of primary amides is 1. The summed E-state index contributed by atoms with van der Waals surface area (Å²) in [4.78, 5) is 24.6. The molecule has 17 heavy (non-hydrogen) atoms. The number of amides is 2. The largest absolute Gasteiger partial charge is 0.369 e. The highest BCUT2D eigenvalue weighted by Crippen LogP contribution is 2.17. The Kier molecular flexibility index (Phi) is 5.41. The van der Waals surface area contributed by atoms with Gasteiger partial charge in [-0.15, -0.1) is 0 Å². The number of hydrogen-bond donors (Lipinski definition) is 2. The van der Waals surface area contributed by atoms with E-state index in [1.54, 1.807) is 0 Å². The second kappa shape index (κ2) is 6.59. The van der Waals surface area contributed by atoms with Crippen LogP contribution in [0.2, 0.25) is 0 Å². The van der Waals surface area contributed by atoms with E-state index in [2.05, 4.69) is 0 Å². The molecule has 1 fully saturated rings. The number of nitrogens with zero attached hydrogens (tertiary/aromatic N) is 1. The maximum atomic E-state index is 11.8. The minimum absolute atomic E-state index is 0.0527. The van der Waals surface area contributed by atoms with E-state index in [1.807, 2.05) is 11.8 Å². The Morgan fingerprint density at radius 1 is 1.35 bits per heavy atom. The number of carbonyl (C=O) groups is 2. The van der Waals surface area contributed by atoms with Crippen LogP contribution in [0.15, 0.2) is 0 Å². The highest BCUT2D eigenvalue weighted by molar-refractivity contribution is 5.78. The maximum absolute atomic E-state index is 11.8. The van der Waals surface area contributed by atoms with Gasteiger partial charge in [-0.3, -0.25) is 9.59 Å². The van der Waals surface area contributed by atoms with Crippen LogP contribution < -0.4 is 11.5 Å². The van der Waals surface area contributed by atoms with Crippen LogP contribution in [0.25, 0.3) is 0 Å². The van der Waals surface area contributed by atoms with Crippen LogP contribution >= 0.6 is 0 Å². The van der Waals surface area contributed by atoms with Gasteiger partial charge in [-0.25, -0.2) is 0 Å². The van der Waals surface area contributed by atoms with Gasteiger partial charge >= 0.3 is 0 Å². The number of likely N-dealkylation sites (tertiary alicyclic amines) is 1. The molecule has 1 atom stereocenters. The Hall–Kier alpha value is -1.10. The van der Waals surface area contributed by atoms with E-state index in [0.717, 1.165) is 12.8 Å². The average molecular weight is 241 g/mol. The Labute approximate surface area is 103 Å². The van der Waals surface area contributed by atoms with Crippen molar-refractivity contribution in [2.24, 2.45) is 17.4 Å². The monoisotopic (exact) mass is 241 g/mol. The summed E-state index contributed by atoms with van der Waals surface area (Å²) >= 11 is 0. The molecule has 0 aromatic rings. The minimum atomic E-state index is -0.242. The molecule has 98 valence electrons. The van der Waals surface area contributed by atoms with E-state index in [0.29, 0.717) is 32.4 Å². The van der Waals surface area contributed by atoms with Crippen molar-refractivity contribution in [2.45, 2.75) is 45.1 Å². The first-order valence-electron chi connectivity index (χ1n) is 6.33. The molecule has 1 rings (SSSR count). The van der Waals surface area contributed by atoms with Gasteiger partial charge in [0.05, 0.1) is 0 Å². The molecule has 1 heterocycles. The third-order valence-corrected chi connectivity index (χ3v) is 3.30. The van der Waals surface area contributed by atoms with Gasteiger partial charge in [0.2, 0.25) is 11.8 Å². The standard InChI is InChI=1S/C12H23N3O2/c1-9(13)3-2-4-11(16)15-7-5-10(6-8-15)12(14)17/h9-10H,2-8,13H2,1H3,(H2,14,17). The van der Waals surface area contributed by atoms with Crippen LogP contribution in [0.1, 0.15) is 39.0 Å². The molecule has 5 nitrogen and oxygen atoms in total. The quantitative estimate of drug-likeness (QED) is 0.722. The molecule has 0 aromatic carbocycles. The van der Waals surface area contributed by atoms with Crippen molar-refractivity contribution in [2.75, 3.05) is 13.1 Å².